The Bertz CT molecular complexity index is 525. The van der Waals surface area contributed by atoms with Crippen molar-refractivity contribution in [2.45, 2.75) is 12.5 Å². The second kappa shape index (κ2) is 6.55. The molecule has 0 saturated heterocycles. The summed E-state index contributed by atoms with van der Waals surface area (Å²) in [5.74, 6) is -1.90. The van der Waals surface area contributed by atoms with Gasteiger partial charge in [0.1, 0.15) is 17.4 Å². The van der Waals surface area contributed by atoms with Gasteiger partial charge in [0.15, 0.2) is 0 Å². The number of hydrogen-bond donors (Lipinski definition) is 2. The topological polar surface area (TPSA) is 126 Å². The van der Waals surface area contributed by atoms with Gasteiger partial charge in [0, 0.05) is 7.05 Å². The largest absolute Gasteiger partial charge is 0.469 e. The minimum atomic E-state index is -1.15. The maximum Gasteiger partial charge on any atom is 0.328 e. The Labute approximate surface area is 115 Å². The van der Waals surface area contributed by atoms with Crippen molar-refractivity contribution in [3.63, 3.8) is 0 Å². The lowest BCUT2D eigenvalue weighted by Gasteiger charge is -2.15. The molecule has 0 aliphatic heterocycles. The predicted molar refractivity (Wildman–Crippen MR) is 67.5 cm³/mol. The molecule has 1 rings (SSSR count). The molecule has 110 valence electrons. The van der Waals surface area contributed by atoms with Gasteiger partial charge >= 0.3 is 11.9 Å². The summed E-state index contributed by atoms with van der Waals surface area (Å²) in [5, 5.41) is 6.17. The molecule has 0 spiro atoms. The number of ether oxygens (including phenoxy) is 2. The number of carbonyl (C=O) groups is 3. The van der Waals surface area contributed by atoms with Crippen LogP contribution in [0.5, 0.6) is 0 Å². The second-order valence-corrected chi connectivity index (χ2v) is 3.90. The number of methoxy groups -OCH3 is 2. The fraction of sp³-hybridized carbons (Fsp3) is 0.455. The van der Waals surface area contributed by atoms with Gasteiger partial charge in [-0.3, -0.25) is 14.3 Å². The summed E-state index contributed by atoms with van der Waals surface area (Å²) in [6.45, 7) is 0. The van der Waals surface area contributed by atoms with Gasteiger partial charge in [-0.25, -0.2) is 4.79 Å². The van der Waals surface area contributed by atoms with Crippen molar-refractivity contribution in [3.8, 4) is 0 Å². The predicted octanol–water partition coefficient (Wildman–Crippen LogP) is -1.16. The summed E-state index contributed by atoms with van der Waals surface area (Å²) < 4.78 is 10.3. The zero-order valence-electron chi connectivity index (χ0n) is 11.4. The first kappa shape index (κ1) is 15.5. The average Bonchev–Trinajstić information content (AvgIpc) is 2.77. The molecule has 0 aromatic carbocycles. The minimum Gasteiger partial charge on any atom is -0.469 e. The Morgan fingerprint density at radius 2 is 2.05 bits per heavy atom. The molecular weight excluding hydrogens is 268 g/mol. The van der Waals surface area contributed by atoms with Gasteiger partial charge in [0.2, 0.25) is 0 Å². The lowest BCUT2D eigenvalue weighted by molar-refractivity contribution is -0.149. The highest BCUT2D eigenvalue weighted by Gasteiger charge is 2.26. The smallest absolute Gasteiger partial charge is 0.328 e. The number of nitrogens with two attached hydrogens (primary N) is 1. The monoisotopic (exact) mass is 284 g/mol. The standard InChI is InChI=1S/C11H16N4O5/c1-15-9(12)6(5-13-15)10(17)14-7(11(18)20-3)4-8(16)19-2/h5,7H,4,12H2,1-3H3,(H,14,17). The Morgan fingerprint density at radius 1 is 1.40 bits per heavy atom. The first-order valence-corrected chi connectivity index (χ1v) is 5.63. The molecule has 0 aliphatic carbocycles. The molecule has 1 aromatic rings. The molecule has 1 unspecified atom stereocenters. The van der Waals surface area contributed by atoms with E-state index in [1.54, 1.807) is 7.05 Å². The van der Waals surface area contributed by atoms with Crippen LogP contribution in [0.2, 0.25) is 0 Å². The normalized spacial score (nSPS) is 11.6. The Morgan fingerprint density at radius 3 is 2.50 bits per heavy atom. The number of rotatable bonds is 5. The molecule has 20 heavy (non-hydrogen) atoms. The fourth-order valence-electron chi connectivity index (χ4n) is 1.44. The Kier molecular flexibility index (Phi) is 5.07. The number of aryl methyl sites for hydroxylation is 1. The molecule has 0 fully saturated rings. The van der Waals surface area contributed by atoms with E-state index in [9.17, 15) is 14.4 Å². The van der Waals surface area contributed by atoms with E-state index < -0.39 is 23.9 Å². The Hall–Kier alpha value is -2.58. The number of nitrogens with one attached hydrogen (secondary N) is 1. The lowest BCUT2D eigenvalue weighted by atomic mass is 10.2. The molecule has 3 N–H and O–H groups in total. The average molecular weight is 284 g/mol. The maximum atomic E-state index is 12.0. The molecule has 0 bridgehead atoms. The van der Waals surface area contributed by atoms with E-state index in [4.69, 9.17) is 5.73 Å². The van der Waals surface area contributed by atoms with Gasteiger partial charge in [-0.1, -0.05) is 0 Å². The van der Waals surface area contributed by atoms with Crippen molar-refractivity contribution in [3.05, 3.63) is 11.8 Å². The van der Waals surface area contributed by atoms with Crippen molar-refractivity contribution in [2.75, 3.05) is 20.0 Å². The molecule has 0 saturated carbocycles. The highest BCUT2D eigenvalue weighted by Crippen LogP contribution is 2.10. The first-order valence-electron chi connectivity index (χ1n) is 5.63. The maximum absolute atomic E-state index is 12.0. The molecular formula is C11H16N4O5. The molecule has 9 heteroatoms. The zero-order chi connectivity index (χ0) is 15.3. The molecule has 9 nitrogen and oxygen atoms in total. The van der Waals surface area contributed by atoms with E-state index in [2.05, 4.69) is 19.9 Å². The van der Waals surface area contributed by atoms with E-state index in [-0.39, 0.29) is 17.8 Å². The molecule has 0 aliphatic rings. The van der Waals surface area contributed by atoms with Gasteiger partial charge in [-0.2, -0.15) is 5.10 Å². The van der Waals surface area contributed by atoms with Crippen LogP contribution in [0, 0.1) is 0 Å². The van der Waals surface area contributed by atoms with Crippen molar-refractivity contribution >= 4 is 23.7 Å². The summed E-state index contributed by atoms with van der Waals surface area (Å²) in [4.78, 5) is 34.7. The molecule has 0 radical (unpaired) electrons. The lowest BCUT2D eigenvalue weighted by Crippen LogP contribution is -2.43. The van der Waals surface area contributed by atoms with E-state index in [0.29, 0.717) is 0 Å². The molecule has 1 aromatic heterocycles. The summed E-state index contributed by atoms with van der Waals surface area (Å²) >= 11 is 0. The van der Waals surface area contributed by atoms with Crippen molar-refractivity contribution in [1.82, 2.24) is 15.1 Å². The van der Waals surface area contributed by atoms with Crippen LogP contribution in [0.3, 0.4) is 0 Å². The Balaban J connectivity index is 2.84. The number of esters is 2. The number of amides is 1. The summed E-state index contributed by atoms with van der Waals surface area (Å²) in [6.07, 6.45) is 0.923. The molecule has 1 amide bonds. The van der Waals surface area contributed by atoms with Crippen molar-refractivity contribution in [2.24, 2.45) is 7.05 Å². The van der Waals surface area contributed by atoms with Gasteiger partial charge in [0.25, 0.3) is 5.91 Å². The van der Waals surface area contributed by atoms with E-state index in [0.717, 1.165) is 7.11 Å². The van der Waals surface area contributed by atoms with Crippen LogP contribution in [0.4, 0.5) is 5.82 Å². The van der Waals surface area contributed by atoms with Crippen LogP contribution in [0.1, 0.15) is 16.8 Å². The summed E-state index contributed by atoms with van der Waals surface area (Å²) in [7, 11) is 3.90. The number of aromatic nitrogens is 2. The van der Waals surface area contributed by atoms with E-state index >= 15 is 0 Å². The number of hydrogen-bond acceptors (Lipinski definition) is 7. The first-order chi connectivity index (χ1) is 9.40. The number of anilines is 1. The van der Waals surface area contributed by atoms with E-state index in [1.165, 1.54) is 18.0 Å². The number of nitrogens with zero attached hydrogens (tertiary/aromatic N) is 2. The summed E-state index contributed by atoms with van der Waals surface area (Å²) in [6, 6.07) is -1.15. The minimum absolute atomic E-state index is 0.103. The molecule has 1 heterocycles. The number of nitrogen functional groups attached to an aromatic ring is 1. The van der Waals surface area contributed by atoms with Crippen LogP contribution in [0.25, 0.3) is 0 Å². The summed E-state index contributed by atoms with van der Waals surface area (Å²) in [5.41, 5.74) is 5.75. The SMILES string of the molecule is COC(=O)CC(NC(=O)c1cnn(C)c1N)C(=O)OC. The van der Waals surface area contributed by atoms with Gasteiger partial charge < -0.3 is 20.5 Å². The fourth-order valence-corrected chi connectivity index (χ4v) is 1.44. The van der Waals surface area contributed by atoms with Gasteiger partial charge in [-0.15, -0.1) is 0 Å². The third-order valence-corrected chi connectivity index (χ3v) is 2.62. The van der Waals surface area contributed by atoms with Gasteiger partial charge in [0.05, 0.1) is 26.8 Å². The van der Waals surface area contributed by atoms with Crippen LogP contribution in [0.15, 0.2) is 6.20 Å². The second-order valence-electron chi connectivity index (χ2n) is 3.90. The van der Waals surface area contributed by atoms with Crippen LogP contribution < -0.4 is 11.1 Å². The van der Waals surface area contributed by atoms with Crippen molar-refractivity contribution in [1.29, 1.82) is 0 Å². The highest BCUT2D eigenvalue weighted by molar-refractivity contribution is 6.00. The number of carbonyl (C=O) groups excluding carboxylic acids is 3. The third-order valence-electron chi connectivity index (χ3n) is 2.62. The van der Waals surface area contributed by atoms with Gasteiger partial charge in [-0.05, 0) is 0 Å². The highest BCUT2D eigenvalue weighted by atomic mass is 16.5. The van der Waals surface area contributed by atoms with Crippen LogP contribution in [-0.2, 0) is 26.1 Å². The quantitative estimate of drug-likeness (QED) is 0.653. The van der Waals surface area contributed by atoms with Crippen LogP contribution >= 0.6 is 0 Å². The zero-order valence-corrected chi connectivity index (χ0v) is 11.4. The van der Waals surface area contributed by atoms with Crippen molar-refractivity contribution < 1.29 is 23.9 Å². The van der Waals surface area contributed by atoms with Crippen LogP contribution in [-0.4, -0.2) is 47.9 Å². The third kappa shape index (κ3) is 3.46. The molecule has 1 atom stereocenters. The van der Waals surface area contributed by atoms with E-state index in [1.807, 2.05) is 0 Å².